The fourth-order valence-corrected chi connectivity index (χ4v) is 1.12. The minimum atomic E-state index is -0.961. The predicted octanol–water partition coefficient (Wildman–Crippen LogP) is -4.16. The van der Waals surface area contributed by atoms with Gasteiger partial charge in [-0.1, -0.05) is 0 Å². The maximum atomic E-state index is 10.0. The van der Waals surface area contributed by atoms with Gasteiger partial charge in [0.25, 0.3) is 0 Å². The molecule has 0 aromatic rings. The number of hydrogen-bond donors (Lipinski definition) is 0. The zero-order valence-corrected chi connectivity index (χ0v) is 9.42. The van der Waals surface area contributed by atoms with Crippen LogP contribution in [0.4, 0.5) is 0 Å². The van der Waals surface area contributed by atoms with Crippen LogP contribution in [0, 0.1) is 0 Å². The summed E-state index contributed by atoms with van der Waals surface area (Å²) in [5.41, 5.74) is 0. The largest absolute Gasteiger partial charge is 1.00 e. The van der Waals surface area contributed by atoms with Crippen LogP contribution in [0.5, 0.6) is 0 Å². The molecule has 4 heteroatoms. The van der Waals surface area contributed by atoms with Gasteiger partial charge in [0.1, 0.15) is 0 Å². The third kappa shape index (κ3) is 4.05. The summed E-state index contributed by atoms with van der Waals surface area (Å²) in [6.07, 6.45) is 2.26. The van der Waals surface area contributed by atoms with Crippen molar-refractivity contribution in [3.8, 4) is 0 Å². The third-order valence-corrected chi connectivity index (χ3v) is 1.55. The molecule has 0 aromatic heterocycles. The number of rotatable bonds is 2. The molecule has 0 bridgehead atoms. The molecule has 1 fully saturated rings. The first-order valence-electron chi connectivity index (χ1n) is 3.21. The smallest absolute Gasteiger partial charge is 0.549 e. The number of hydrogen-bond acceptors (Lipinski definition) is 3. The number of carbonyl (C=O) groups excluding carboxylic acids is 1. The fraction of sp³-hybridized carbons (Fsp3) is 0.833. The summed E-state index contributed by atoms with van der Waals surface area (Å²) in [7, 11) is 0. The van der Waals surface area contributed by atoms with Crippen LogP contribution in [-0.4, -0.2) is 30.5 Å². The van der Waals surface area contributed by atoms with Crippen molar-refractivity contribution in [3.05, 3.63) is 0 Å². The monoisotopic (exact) mass is 167 g/mol. The van der Waals surface area contributed by atoms with Crippen LogP contribution < -0.4 is 56.5 Å². The van der Waals surface area contributed by atoms with E-state index in [1.165, 1.54) is 0 Å². The van der Waals surface area contributed by atoms with Crippen molar-refractivity contribution in [1.82, 2.24) is 4.90 Å². The Kier molecular flexibility index (Phi) is 6.29. The summed E-state index contributed by atoms with van der Waals surface area (Å²) in [6.45, 7) is 1.96. The predicted molar refractivity (Wildman–Crippen MR) is 30.7 cm³/mol. The summed E-state index contributed by atoms with van der Waals surface area (Å²) >= 11 is 0. The second-order valence-corrected chi connectivity index (χ2v) is 2.36. The van der Waals surface area contributed by atoms with Crippen molar-refractivity contribution < 1.29 is 61.3 Å². The topological polar surface area (TPSA) is 43.4 Å². The Bertz CT molecular complexity index is 112. The average Bonchev–Trinajstić information content (AvgIpc) is 2.15. The summed E-state index contributed by atoms with van der Waals surface area (Å²) < 4.78 is 0. The normalized spacial score (nSPS) is 18.4. The van der Waals surface area contributed by atoms with E-state index in [1.54, 1.807) is 0 Å². The molecule has 10 heavy (non-hydrogen) atoms. The van der Waals surface area contributed by atoms with Crippen LogP contribution in [0.1, 0.15) is 12.8 Å². The van der Waals surface area contributed by atoms with E-state index >= 15 is 0 Å². The third-order valence-electron chi connectivity index (χ3n) is 1.55. The number of nitrogens with zero attached hydrogens (tertiary/aromatic N) is 1. The quantitative estimate of drug-likeness (QED) is 0.392. The van der Waals surface area contributed by atoms with E-state index in [0.717, 1.165) is 25.9 Å². The molecule has 0 aromatic carbocycles. The van der Waals surface area contributed by atoms with Crippen molar-refractivity contribution in [2.45, 2.75) is 12.8 Å². The Hall–Kier alpha value is 1.07. The van der Waals surface area contributed by atoms with Gasteiger partial charge in [-0.2, -0.15) is 0 Å². The second kappa shape index (κ2) is 5.68. The molecule has 0 spiro atoms. The van der Waals surface area contributed by atoms with E-state index in [2.05, 4.69) is 0 Å². The van der Waals surface area contributed by atoms with E-state index in [1.807, 2.05) is 4.90 Å². The first-order chi connectivity index (χ1) is 4.29. The fourth-order valence-electron chi connectivity index (χ4n) is 1.12. The van der Waals surface area contributed by atoms with Gasteiger partial charge in [0.2, 0.25) is 0 Å². The van der Waals surface area contributed by atoms with E-state index < -0.39 is 5.97 Å². The molecule has 52 valence electrons. The Morgan fingerprint density at radius 1 is 1.40 bits per heavy atom. The summed E-state index contributed by atoms with van der Waals surface area (Å²) in [5, 5.41) is 10.0. The first kappa shape index (κ1) is 11.1. The van der Waals surface area contributed by atoms with E-state index in [9.17, 15) is 9.90 Å². The molecule has 1 aliphatic heterocycles. The van der Waals surface area contributed by atoms with Crippen molar-refractivity contribution >= 4 is 5.97 Å². The molecule has 0 amide bonds. The Labute approximate surface area is 103 Å². The van der Waals surface area contributed by atoms with Crippen LogP contribution in [0.2, 0.25) is 0 Å². The maximum absolute atomic E-state index is 10.0. The van der Waals surface area contributed by atoms with E-state index in [-0.39, 0.29) is 57.9 Å². The number of carbonyl (C=O) groups is 1. The maximum Gasteiger partial charge on any atom is 1.00 e. The minimum Gasteiger partial charge on any atom is -0.549 e. The number of aliphatic carboxylic acids is 1. The van der Waals surface area contributed by atoms with E-state index in [0.29, 0.717) is 0 Å². The molecule has 3 nitrogen and oxygen atoms in total. The van der Waals surface area contributed by atoms with Gasteiger partial charge in [0.05, 0.1) is 5.97 Å². The van der Waals surface area contributed by atoms with Crippen LogP contribution in [0.25, 0.3) is 0 Å². The Morgan fingerprint density at radius 3 is 2.30 bits per heavy atom. The standard InChI is InChI=1S/C6H11NO2.K/c8-6(9)5-7-3-1-2-4-7;/h1-5H2,(H,8,9);/q;+1/p-1. The molecule has 1 saturated heterocycles. The second-order valence-electron chi connectivity index (χ2n) is 2.36. The van der Waals surface area contributed by atoms with Crippen molar-refractivity contribution in [2.75, 3.05) is 19.6 Å². The average molecular weight is 167 g/mol. The number of carboxylic acids is 1. The molecule has 1 heterocycles. The van der Waals surface area contributed by atoms with Gasteiger partial charge in [0.15, 0.2) is 0 Å². The van der Waals surface area contributed by atoms with E-state index in [4.69, 9.17) is 0 Å². The summed E-state index contributed by atoms with van der Waals surface area (Å²) in [4.78, 5) is 11.9. The molecule has 0 saturated carbocycles. The van der Waals surface area contributed by atoms with Crippen molar-refractivity contribution in [2.24, 2.45) is 0 Å². The first-order valence-corrected chi connectivity index (χ1v) is 3.21. The molecule has 0 atom stereocenters. The zero-order valence-electron chi connectivity index (χ0n) is 6.30. The molecular formula is C6H10KNO2. The van der Waals surface area contributed by atoms with Gasteiger partial charge in [-0.05, 0) is 25.9 Å². The van der Waals surface area contributed by atoms with Gasteiger partial charge in [-0.15, -0.1) is 0 Å². The summed E-state index contributed by atoms with van der Waals surface area (Å²) in [6, 6.07) is 0. The van der Waals surface area contributed by atoms with Crippen LogP contribution in [-0.2, 0) is 4.79 Å². The minimum absolute atomic E-state index is 0. The SMILES string of the molecule is O=C([O-])CN1CCCC1.[K+]. The van der Waals surface area contributed by atoms with Crippen molar-refractivity contribution in [1.29, 1.82) is 0 Å². The molecule has 0 unspecified atom stereocenters. The molecule has 0 N–H and O–H groups in total. The Morgan fingerprint density at radius 2 is 1.90 bits per heavy atom. The van der Waals surface area contributed by atoms with Crippen LogP contribution >= 0.6 is 0 Å². The van der Waals surface area contributed by atoms with Gasteiger partial charge in [-0.25, -0.2) is 0 Å². The van der Waals surface area contributed by atoms with Gasteiger partial charge in [0, 0.05) is 6.54 Å². The number of carboxylic acid groups (broad SMARTS) is 1. The van der Waals surface area contributed by atoms with Gasteiger partial charge < -0.3 is 9.90 Å². The summed E-state index contributed by atoms with van der Waals surface area (Å²) in [5.74, 6) is -0.961. The number of likely N-dealkylation sites (tertiary alicyclic amines) is 1. The molecule has 1 rings (SSSR count). The molecular weight excluding hydrogens is 157 g/mol. The van der Waals surface area contributed by atoms with Gasteiger partial charge in [-0.3, -0.25) is 4.90 Å². The Balaban J connectivity index is 0.000000810. The van der Waals surface area contributed by atoms with Gasteiger partial charge >= 0.3 is 51.4 Å². The zero-order chi connectivity index (χ0) is 6.69. The molecule has 1 aliphatic rings. The van der Waals surface area contributed by atoms with Crippen LogP contribution in [0.3, 0.4) is 0 Å². The molecule has 0 aliphatic carbocycles. The van der Waals surface area contributed by atoms with Crippen molar-refractivity contribution in [3.63, 3.8) is 0 Å². The molecule has 0 radical (unpaired) electrons. The van der Waals surface area contributed by atoms with Crippen LogP contribution in [0.15, 0.2) is 0 Å².